The lowest BCUT2D eigenvalue weighted by Gasteiger charge is -2.23. The van der Waals surface area contributed by atoms with Crippen LogP contribution in [0.15, 0.2) is 152 Å². The third-order valence-corrected chi connectivity index (χ3v) is 11.9. The molecular formula is C39H25N2OP. The molecule has 0 aliphatic carbocycles. The summed E-state index contributed by atoms with van der Waals surface area (Å²) in [5.41, 5.74) is 3.92. The normalized spacial score (nSPS) is 13.4. The summed E-state index contributed by atoms with van der Waals surface area (Å²) < 4.78 is 18.4. The van der Waals surface area contributed by atoms with E-state index in [0.29, 0.717) is 0 Å². The SMILES string of the molecule is O=P(c1ccccc1)(c1ccc2ccccc2c1)c1cccc2ccc3c4ccccc4c4nc5ccccc5n4c3c12. The van der Waals surface area contributed by atoms with Crippen molar-refractivity contribution in [3.05, 3.63) is 152 Å². The highest BCUT2D eigenvalue weighted by atomic mass is 31.2. The van der Waals surface area contributed by atoms with E-state index in [1.54, 1.807) is 0 Å². The lowest BCUT2D eigenvalue weighted by Crippen LogP contribution is -2.26. The van der Waals surface area contributed by atoms with Crippen LogP contribution < -0.4 is 15.9 Å². The van der Waals surface area contributed by atoms with E-state index in [9.17, 15) is 0 Å². The Bertz CT molecular complexity index is 2600. The van der Waals surface area contributed by atoms with Gasteiger partial charge in [-0.2, -0.15) is 0 Å². The predicted molar refractivity (Wildman–Crippen MR) is 182 cm³/mol. The Balaban J connectivity index is 1.52. The molecule has 7 aromatic carbocycles. The van der Waals surface area contributed by atoms with Gasteiger partial charge in [0.05, 0.1) is 16.6 Å². The van der Waals surface area contributed by atoms with Crippen molar-refractivity contribution in [1.29, 1.82) is 0 Å². The van der Waals surface area contributed by atoms with Gasteiger partial charge in [0.15, 0.2) is 7.14 Å². The van der Waals surface area contributed by atoms with Crippen LogP contribution in [-0.4, -0.2) is 9.38 Å². The Morgan fingerprint density at radius 2 is 1.21 bits per heavy atom. The molecule has 0 N–H and O–H groups in total. The van der Waals surface area contributed by atoms with E-state index >= 15 is 4.57 Å². The molecule has 4 heteroatoms. The van der Waals surface area contributed by atoms with Crippen LogP contribution in [0.1, 0.15) is 0 Å². The minimum Gasteiger partial charge on any atom is -0.309 e. The van der Waals surface area contributed by atoms with E-state index in [4.69, 9.17) is 4.98 Å². The molecule has 2 heterocycles. The largest absolute Gasteiger partial charge is 0.309 e. The van der Waals surface area contributed by atoms with E-state index in [-0.39, 0.29) is 0 Å². The van der Waals surface area contributed by atoms with Crippen LogP contribution >= 0.6 is 7.14 Å². The zero-order valence-electron chi connectivity index (χ0n) is 23.2. The third kappa shape index (κ3) is 3.43. The summed E-state index contributed by atoms with van der Waals surface area (Å²) in [4.78, 5) is 5.14. The van der Waals surface area contributed by atoms with Crippen molar-refractivity contribution in [3.8, 4) is 0 Å². The number of benzene rings is 7. The highest BCUT2D eigenvalue weighted by Gasteiger charge is 2.33. The third-order valence-electron chi connectivity index (χ3n) is 8.79. The molecule has 0 spiro atoms. The fourth-order valence-electron chi connectivity index (χ4n) is 6.84. The van der Waals surface area contributed by atoms with Crippen LogP contribution in [0.4, 0.5) is 0 Å². The molecule has 9 rings (SSSR count). The molecule has 0 aliphatic rings. The molecule has 3 nitrogen and oxygen atoms in total. The first-order valence-electron chi connectivity index (χ1n) is 14.5. The fourth-order valence-corrected chi connectivity index (χ4v) is 9.73. The van der Waals surface area contributed by atoms with Crippen LogP contribution in [0.5, 0.6) is 0 Å². The Labute approximate surface area is 248 Å². The molecule has 0 radical (unpaired) electrons. The summed E-state index contributed by atoms with van der Waals surface area (Å²) in [5, 5.41) is 10.1. The molecule has 43 heavy (non-hydrogen) atoms. The number of aromatic nitrogens is 2. The molecule has 0 saturated heterocycles. The maximum Gasteiger partial charge on any atom is 0.171 e. The number of rotatable bonds is 3. The second kappa shape index (κ2) is 9.13. The van der Waals surface area contributed by atoms with Gasteiger partial charge in [-0.15, -0.1) is 0 Å². The topological polar surface area (TPSA) is 34.4 Å². The zero-order valence-corrected chi connectivity index (χ0v) is 24.1. The minimum absolute atomic E-state index is 0.822. The van der Waals surface area contributed by atoms with Crippen molar-refractivity contribution in [1.82, 2.24) is 9.38 Å². The summed E-state index contributed by atoms with van der Waals surface area (Å²) >= 11 is 0. The first-order valence-corrected chi connectivity index (χ1v) is 16.2. The molecule has 0 aliphatic heterocycles. The van der Waals surface area contributed by atoms with E-state index in [2.05, 4.69) is 101 Å². The molecule has 9 aromatic rings. The van der Waals surface area contributed by atoms with Crippen LogP contribution in [0.3, 0.4) is 0 Å². The van der Waals surface area contributed by atoms with Crippen molar-refractivity contribution in [3.63, 3.8) is 0 Å². The second-order valence-electron chi connectivity index (χ2n) is 11.1. The average molecular weight is 569 g/mol. The Morgan fingerprint density at radius 3 is 2.09 bits per heavy atom. The predicted octanol–water partition coefficient (Wildman–Crippen LogP) is 8.74. The van der Waals surface area contributed by atoms with E-state index in [1.807, 2.05) is 54.6 Å². The molecule has 0 saturated carbocycles. The van der Waals surface area contributed by atoms with Gasteiger partial charge >= 0.3 is 0 Å². The van der Waals surface area contributed by atoms with Gasteiger partial charge in [-0.3, -0.25) is 4.40 Å². The van der Waals surface area contributed by atoms with Crippen molar-refractivity contribution in [2.45, 2.75) is 0 Å². The standard InChI is InChI=1S/C39H25N2OP/c42-43(29-14-2-1-3-15-29,30-23-21-26-11-4-5-12-28(26)25-30)36-20-10-13-27-22-24-32-31-16-6-7-17-33(31)39-40-34-18-8-9-19-35(34)41(39)38(32)37(27)36/h1-25H. The van der Waals surface area contributed by atoms with Crippen molar-refractivity contribution in [2.75, 3.05) is 0 Å². The maximum atomic E-state index is 16.1. The summed E-state index contributed by atoms with van der Waals surface area (Å²) in [6.07, 6.45) is 0. The van der Waals surface area contributed by atoms with Crippen LogP contribution in [0, 0.1) is 0 Å². The monoisotopic (exact) mass is 568 g/mol. The lowest BCUT2D eigenvalue weighted by atomic mass is 10.0. The number of fused-ring (bicyclic) bond motifs is 11. The number of hydrogen-bond acceptors (Lipinski definition) is 2. The van der Waals surface area contributed by atoms with Gasteiger partial charge in [0.25, 0.3) is 0 Å². The molecule has 0 bridgehead atoms. The van der Waals surface area contributed by atoms with E-state index in [0.717, 1.165) is 75.8 Å². The van der Waals surface area contributed by atoms with Gasteiger partial charge in [-0.25, -0.2) is 4.98 Å². The van der Waals surface area contributed by atoms with Gasteiger partial charge in [-0.05, 0) is 39.7 Å². The van der Waals surface area contributed by atoms with Gasteiger partial charge in [0, 0.05) is 32.1 Å². The smallest absolute Gasteiger partial charge is 0.171 e. The highest BCUT2D eigenvalue weighted by Crippen LogP contribution is 2.47. The second-order valence-corrected chi connectivity index (χ2v) is 13.9. The number of pyridine rings is 1. The number of hydrogen-bond donors (Lipinski definition) is 0. The summed E-state index contributed by atoms with van der Waals surface area (Å²) in [6.45, 7) is 0. The molecule has 1 atom stereocenters. The molecular weight excluding hydrogens is 543 g/mol. The van der Waals surface area contributed by atoms with Crippen LogP contribution in [0.2, 0.25) is 0 Å². The first kappa shape index (κ1) is 24.4. The van der Waals surface area contributed by atoms with Gasteiger partial charge in [0.2, 0.25) is 0 Å². The van der Waals surface area contributed by atoms with Crippen molar-refractivity contribution >= 4 is 83.0 Å². The van der Waals surface area contributed by atoms with Gasteiger partial charge in [-0.1, -0.05) is 133 Å². The van der Waals surface area contributed by atoms with Gasteiger partial charge in [0.1, 0.15) is 5.65 Å². The van der Waals surface area contributed by atoms with E-state index in [1.165, 1.54) is 0 Å². The molecule has 0 amide bonds. The highest BCUT2D eigenvalue weighted by molar-refractivity contribution is 7.85. The summed E-state index contributed by atoms with van der Waals surface area (Å²) in [7, 11) is -3.34. The van der Waals surface area contributed by atoms with Crippen LogP contribution in [-0.2, 0) is 4.57 Å². The lowest BCUT2D eigenvalue weighted by molar-refractivity contribution is 0.592. The quantitative estimate of drug-likeness (QED) is 0.158. The van der Waals surface area contributed by atoms with E-state index < -0.39 is 7.14 Å². The maximum absolute atomic E-state index is 16.1. The Kier molecular flexibility index (Phi) is 5.17. The number of imidazole rings is 1. The average Bonchev–Trinajstić information content (AvgIpc) is 3.47. The Hall–Kier alpha value is -5.24. The molecule has 0 fully saturated rings. The number of para-hydroxylation sites is 2. The van der Waals surface area contributed by atoms with Gasteiger partial charge < -0.3 is 4.57 Å². The number of nitrogens with zero attached hydrogens (tertiary/aromatic N) is 2. The molecule has 1 unspecified atom stereocenters. The Morgan fingerprint density at radius 1 is 0.512 bits per heavy atom. The minimum atomic E-state index is -3.34. The fraction of sp³-hybridized carbons (Fsp3) is 0. The van der Waals surface area contributed by atoms with Crippen molar-refractivity contribution < 1.29 is 4.57 Å². The first-order chi connectivity index (χ1) is 21.2. The summed E-state index contributed by atoms with van der Waals surface area (Å²) in [6, 6.07) is 51.9. The van der Waals surface area contributed by atoms with Crippen LogP contribution in [0.25, 0.3) is 59.9 Å². The summed E-state index contributed by atoms with van der Waals surface area (Å²) in [5.74, 6) is 0. The molecule has 2 aromatic heterocycles. The molecule has 202 valence electrons. The van der Waals surface area contributed by atoms with Crippen molar-refractivity contribution in [2.24, 2.45) is 0 Å². The zero-order chi connectivity index (χ0) is 28.5.